The molecule has 1 spiro atoms. The number of esters is 1. The zero-order valence-electron chi connectivity index (χ0n) is 11.2. The van der Waals surface area contributed by atoms with Crippen LogP contribution in [0.15, 0.2) is 24.3 Å². The van der Waals surface area contributed by atoms with E-state index in [0.29, 0.717) is 24.2 Å². The minimum Gasteiger partial charge on any atom is -0.465 e. The lowest BCUT2D eigenvalue weighted by molar-refractivity contribution is -0.118. The normalized spacial score (nSPS) is 19.4. The summed E-state index contributed by atoms with van der Waals surface area (Å²) in [6.07, 6.45) is 0.551. The Kier molecular flexibility index (Phi) is 4.01. The number of amides is 1. The highest BCUT2D eigenvalue weighted by molar-refractivity contribution is 6.04. The molecule has 5 nitrogen and oxygen atoms in total. The average Bonchev–Trinajstić information content (AvgIpc) is 2.76. The van der Waals surface area contributed by atoms with Crippen molar-refractivity contribution in [2.45, 2.75) is 6.42 Å². The molecule has 2 fully saturated rings. The highest BCUT2D eigenvalue weighted by atomic mass is 35.5. The molecular formula is C14H17ClN2O3. The number of methoxy groups -OCH3 is 1. The first-order valence-electron chi connectivity index (χ1n) is 6.34. The topological polar surface area (TPSA) is 58.6 Å². The summed E-state index contributed by atoms with van der Waals surface area (Å²) < 4.78 is 4.77. The number of halogens is 1. The first-order chi connectivity index (χ1) is 9.15. The van der Waals surface area contributed by atoms with Crippen molar-refractivity contribution in [3.05, 3.63) is 29.8 Å². The summed E-state index contributed by atoms with van der Waals surface area (Å²) in [6.45, 7) is 2.41. The van der Waals surface area contributed by atoms with Crippen LogP contribution in [0.3, 0.4) is 0 Å². The number of rotatable bonds is 2. The molecule has 2 aliphatic heterocycles. The number of anilines is 1. The van der Waals surface area contributed by atoms with Crippen LogP contribution in [0.2, 0.25) is 0 Å². The van der Waals surface area contributed by atoms with Crippen LogP contribution in [0.25, 0.3) is 0 Å². The van der Waals surface area contributed by atoms with Gasteiger partial charge in [0, 0.05) is 31.5 Å². The minimum absolute atomic E-state index is 0. The van der Waals surface area contributed by atoms with Gasteiger partial charge in [0.25, 0.3) is 0 Å². The van der Waals surface area contributed by atoms with E-state index < -0.39 is 5.97 Å². The number of para-hydroxylation sites is 1. The van der Waals surface area contributed by atoms with Crippen molar-refractivity contribution in [3.8, 4) is 0 Å². The highest BCUT2D eigenvalue weighted by Crippen LogP contribution is 2.38. The predicted molar refractivity (Wildman–Crippen MR) is 77.3 cm³/mol. The predicted octanol–water partition coefficient (Wildman–Crippen LogP) is 1.22. The first kappa shape index (κ1) is 14.8. The quantitative estimate of drug-likeness (QED) is 0.834. The lowest BCUT2D eigenvalue weighted by Gasteiger charge is -2.38. The standard InChI is InChI=1S/C14H16N2O3.ClH/c1-19-13(18)10-4-2-3-5-11(10)16-9-14(6-12(16)17)7-15-8-14;/h2-5,15H,6-9H2,1H3;1H. The molecule has 3 rings (SSSR count). The van der Waals surface area contributed by atoms with E-state index in [1.165, 1.54) is 7.11 Å². The van der Waals surface area contributed by atoms with Crippen molar-refractivity contribution in [2.75, 3.05) is 31.6 Å². The fraction of sp³-hybridized carbons (Fsp3) is 0.429. The lowest BCUT2D eigenvalue weighted by Crippen LogP contribution is -2.54. The largest absolute Gasteiger partial charge is 0.465 e. The summed E-state index contributed by atoms with van der Waals surface area (Å²) >= 11 is 0. The third-order valence-corrected chi connectivity index (χ3v) is 3.92. The fourth-order valence-electron chi connectivity index (χ4n) is 2.82. The molecule has 20 heavy (non-hydrogen) atoms. The molecule has 2 aliphatic rings. The molecule has 6 heteroatoms. The van der Waals surface area contributed by atoms with Gasteiger partial charge in [0.2, 0.25) is 5.91 Å². The summed E-state index contributed by atoms with van der Waals surface area (Å²) in [7, 11) is 1.35. The molecule has 0 bridgehead atoms. The van der Waals surface area contributed by atoms with E-state index >= 15 is 0 Å². The summed E-state index contributed by atoms with van der Waals surface area (Å²) in [5.41, 5.74) is 1.16. The Balaban J connectivity index is 0.00000147. The van der Waals surface area contributed by atoms with Gasteiger partial charge in [-0.3, -0.25) is 4.79 Å². The maximum atomic E-state index is 12.2. The van der Waals surface area contributed by atoms with Gasteiger partial charge in [-0.25, -0.2) is 4.79 Å². The number of benzene rings is 1. The van der Waals surface area contributed by atoms with Crippen LogP contribution in [0.1, 0.15) is 16.8 Å². The van der Waals surface area contributed by atoms with E-state index in [4.69, 9.17) is 4.74 Å². The Hall–Kier alpha value is -1.59. The zero-order chi connectivity index (χ0) is 13.5. The maximum Gasteiger partial charge on any atom is 0.339 e. The Bertz CT molecular complexity index is 543. The van der Waals surface area contributed by atoms with E-state index in [9.17, 15) is 9.59 Å². The molecule has 1 aromatic rings. The van der Waals surface area contributed by atoms with Gasteiger partial charge in [-0.2, -0.15) is 0 Å². The smallest absolute Gasteiger partial charge is 0.339 e. The van der Waals surface area contributed by atoms with Gasteiger partial charge in [-0.05, 0) is 12.1 Å². The highest BCUT2D eigenvalue weighted by Gasteiger charge is 2.48. The molecule has 2 heterocycles. The second-order valence-electron chi connectivity index (χ2n) is 5.27. The van der Waals surface area contributed by atoms with Crippen LogP contribution in [-0.4, -0.2) is 38.6 Å². The molecule has 0 aliphatic carbocycles. The summed E-state index contributed by atoms with van der Waals surface area (Å²) in [5.74, 6) is -0.325. The number of carbonyl (C=O) groups is 2. The molecule has 1 aromatic carbocycles. The van der Waals surface area contributed by atoms with Crippen molar-refractivity contribution < 1.29 is 14.3 Å². The van der Waals surface area contributed by atoms with Gasteiger partial charge in [0.15, 0.2) is 0 Å². The molecular weight excluding hydrogens is 280 g/mol. The number of nitrogens with one attached hydrogen (secondary N) is 1. The van der Waals surface area contributed by atoms with Crippen LogP contribution >= 0.6 is 12.4 Å². The van der Waals surface area contributed by atoms with Gasteiger partial charge < -0.3 is 15.0 Å². The van der Waals surface area contributed by atoms with Crippen LogP contribution in [0.4, 0.5) is 5.69 Å². The van der Waals surface area contributed by atoms with E-state index in [1.54, 1.807) is 23.1 Å². The van der Waals surface area contributed by atoms with Gasteiger partial charge in [0.1, 0.15) is 0 Å². The molecule has 0 aromatic heterocycles. The van der Waals surface area contributed by atoms with Crippen LogP contribution in [0, 0.1) is 5.41 Å². The van der Waals surface area contributed by atoms with Crippen molar-refractivity contribution in [1.82, 2.24) is 5.32 Å². The number of hydrogen-bond donors (Lipinski definition) is 1. The van der Waals surface area contributed by atoms with Crippen molar-refractivity contribution in [3.63, 3.8) is 0 Å². The SMILES string of the molecule is COC(=O)c1ccccc1N1CC2(CNC2)CC1=O.Cl. The molecule has 0 unspecified atom stereocenters. The molecule has 0 saturated carbocycles. The monoisotopic (exact) mass is 296 g/mol. The molecule has 1 amide bonds. The first-order valence-corrected chi connectivity index (χ1v) is 6.34. The summed E-state index contributed by atoms with van der Waals surface area (Å²) in [5, 5.41) is 3.21. The molecule has 0 radical (unpaired) electrons. The number of carbonyl (C=O) groups excluding carboxylic acids is 2. The maximum absolute atomic E-state index is 12.2. The average molecular weight is 297 g/mol. The molecule has 108 valence electrons. The minimum atomic E-state index is -0.406. The second kappa shape index (κ2) is 5.42. The number of ether oxygens (including phenoxy) is 1. The van der Waals surface area contributed by atoms with E-state index in [-0.39, 0.29) is 23.7 Å². The Labute approximate surface area is 123 Å². The molecule has 0 atom stereocenters. The third-order valence-electron chi connectivity index (χ3n) is 3.92. The van der Waals surface area contributed by atoms with Crippen LogP contribution in [-0.2, 0) is 9.53 Å². The van der Waals surface area contributed by atoms with E-state index in [2.05, 4.69) is 5.32 Å². The van der Waals surface area contributed by atoms with Crippen LogP contribution < -0.4 is 10.2 Å². The van der Waals surface area contributed by atoms with Gasteiger partial charge in [-0.1, -0.05) is 12.1 Å². The van der Waals surface area contributed by atoms with Gasteiger partial charge in [-0.15, -0.1) is 12.4 Å². The lowest BCUT2D eigenvalue weighted by atomic mass is 9.81. The Morgan fingerprint density at radius 2 is 2.05 bits per heavy atom. The van der Waals surface area contributed by atoms with Crippen LogP contribution in [0.5, 0.6) is 0 Å². The van der Waals surface area contributed by atoms with E-state index in [1.807, 2.05) is 6.07 Å². The second-order valence-corrected chi connectivity index (χ2v) is 5.27. The van der Waals surface area contributed by atoms with E-state index in [0.717, 1.165) is 13.1 Å². The third kappa shape index (κ3) is 2.27. The number of nitrogens with zero attached hydrogens (tertiary/aromatic N) is 1. The van der Waals surface area contributed by atoms with Gasteiger partial charge >= 0.3 is 5.97 Å². The van der Waals surface area contributed by atoms with Crippen molar-refractivity contribution in [2.24, 2.45) is 5.41 Å². The van der Waals surface area contributed by atoms with Crippen molar-refractivity contribution in [1.29, 1.82) is 0 Å². The molecule has 1 N–H and O–H groups in total. The zero-order valence-corrected chi connectivity index (χ0v) is 12.0. The number of hydrogen-bond acceptors (Lipinski definition) is 4. The molecule has 2 saturated heterocycles. The van der Waals surface area contributed by atoms with Crippen molar-refractivity contribution >= 4 is 30.0 Å². The summed E-state index contributed by atoms with van der Waals surface area (Å²) in [6, 6.07) is 7.10. The Morgan fingerprint density at radius 1 is 1.35 bits per heavy atom. The Morgan fingerprint density at radius 3 is 2.60 bits per heavy atom. The van der Waals surface area contributed by atoms with Gasteiger partial charge in [0.05, 0.1) is 18.4 Å². The fourth-order valence-corrected chi connectivity index (χ4v) is 2.82. The summed E-state index contributed by atoms with van der Waals surface area (Å²) in [4.78, 5) is 25.7.